The van der Waals surface area contributed by atoms with Gasteiger partial charge in [0.1, 0.15) is 0 Å². The third-order valence-electron chi connectivity index (χ3n) is 4.57. The minimum absolute atomic E-state index is 0.0736. The van der Waals surface area contributed by atoms with Crippen molar-refractivity contribution < 1.29 is 4.79 Å². The zero-order chi connectivity index (χ0) is 16.9. The molecule has 0 saturated carbocycles. The highest BCUT2D eigenvalue weighted by molar-refractivity contribution is 6.30. The summed E-state index contributed by atoms with van der Waals surface area (Å²) < 4.78 is 0. The second kappa shape index (κ2) is 7.82. The number of rotatable bonds is 4. The fourth-order valence-electron chi connectivity index (χ4n) is 3.05. The van der Waals surface area contributed by atoms with Crippen molar-refractivity contribution in [2.45, 2.75) is 19.9 Å². The summed E-state index contributed by atoms with van der Waals surface area (Å²) in [5.74, 6) is 0.0736. The number of halogens is 1. The van der Waals surface area contributed by atoms with Crippen LogP contribution >= 0.6 is 11.6 Å². The van der Waals surface area contributed by atoms with Crippen molar-refractivity contribution in [3.63, 3.8) is 0 Å². The van der Waals surface area contributed by atoms with E-state index in [-0.39, 0.29) is 5.91 Å². The van der Waals surface area contributed by atoms with Gasteiger partial charge in [-0.25, -0.2) is 0 Å². The third-order valence-corrected chi connectivity index (χ3v) is 4.80. The van der Waals surface area contributed by atoms with Gasteiger partial charge >= 0.3 is 0 Å². The quantitative estimate of drug-likeness (QED) is 0.842. The molecule has 2 aromatic rings. The molecule has 1 aliphatic rings. The molecule has 1 aliphatic heterocycles. The van der Waals surface area contributed by atoms with Crippen molar-refractivity contribution in [3.05, 3.63) is 70.2 Å². The minimum atomic E-state index is 0.0736. The summed E-state index contributed by atoms with van der Waals surface area (Å²) in [6, 6.07) is 16.0. The van der Waals surface area contributed by atoms with Crippen LogP contribution in [0, 0.1) is 0 Å². The zero-order valence-corrected chi connectivity index (χ0v) is 14.8. The Morgan fingerprint density at radius 2 is 1.67 bits per heavy atom. The highest BCUT2D eigenvalue weighted by Gasteiger charge is 2.22. The van der Waals surface area contributed by atoms with Gasteiger partial charge in [0.15, 0.2) is 0 Å². The van der Waals surface area contributed by atoms with Crippen molar-refractivity contribution in [1.29, 1.82) is 0 Å². The largest absolute Gasteiger partial charge is 0.336 e. The SMILES string of the molecule is CCc1ccc(CN2CCN(C(=O)c3cccc(Cl)c3)CC2)cc1. The van der Waals surface area contributed by atoms with Crippen LogP contribution < -0.4 is 0 Å². The molecule has 0 radical (unpaired) electrons. The van der Waals surface area contributed by atoms with Gasteiger partial charge in [0.25, 0.3) is 5.91 Å². The van der Waals surface area contributed by atoms with Crippen molar-refractivity contribution >= 4 is 17.5 Å². The maximum Gasteiger partial charge on any atom is 0.253 e. The van der Waals surface area contributed by atoms with E-state index in [9.17, 15) is 4.79 Å². The maximum absolute atomic E-state index is 12.5. The maximum atomic E-state index is 12.5. The van der Waals surface area contributed by atoms with Crippen LogP contribution in [0.3, 0.4) is 0 Å². The molecule has 0 atom stereocenters. The molecular formula is C20H23ClN2O. The number of hydrogen-bond acceptors (Lipinski definition) is 2. The normalized spacial score (nSPS) is 15.5. The lowest BCUT2D eigenvalue weighted by Gasteiger charge is -2.34. The molecule has 1 amide bonds. The molecule has 0 spiro atoms. The number of hydrogen-bond donors (Lipinski definition) is 0. The van der Waals surface area contributed by atoms with Gasteiger partial charge < -0.3 is 4.90 Å². The number of amides is 1. The zero-order valence-electron chi connectivity index (χ0n) is 14.0. The molecule has 0 aliphatic carbocycles. The van der Waals surface area contributed by atoms with Crippen LogP contribution in [0.1, 0.15) is 28.4 Å². The Morgan fingerprint density at radius 1 is 1.00 bits per heavy atom. The predicted molar refractivity (Wildman–Crippen MR) is 98.5 cm³/mol. The number of piperazine rings is 1. The van der Waals surface area contributed by atoms with E-state index in [4.69, 9.17) is 11.6 Å². The summed E-state index contributed by atoms with van der Waals surface area (Å²) in [6.07, 6.45) is 1.07. The van der Waals surface area contributed by atoms with E-state index in [2.05, 4.69) is 36.1 Å². The molecule has 4 heteroatoms. The Morgan fingerprint density at radius 3 is 2.29 bits per heavy atom. The smallest absolute Gasteiger partial charge is 0.253 e. The van der Waals surface area contributed by atoms with Crippen molar-refractivity contribution in [3.8, 4) is 0 Å². The molecular weight excluding hydrogens is 320 g/mol. The first-order valence-electron chi connectivity index (χ1n) is 8.50. The van der Waals surface area contributed by atoms with Crippen LogP contribution in [0.5, 0.6) is 0 Å². The van der Waals surface area contributed by atoms with Crippen molar-refractivity contribution in [1.82, 2.24) is 9.80 Å². The van der Waals surface area contributed by atoms with E-state index in [1.54, 1.807) is 12.1 Å². The molecule has 0 bridgehead atoms. The van der Waals surface area contributed by atoms with Gasteiger partial charge in [-0.05, 0) is 35.7 Å². The molecule has 0 unspecified atom stereocenters. The first-order chi connectivity index (χ1) is 11.7. The lowest BCUT2D eigenvalue weighted by atomic mass is 10.1. The van der Waals surface area contributed by atoms with Crippen molar-refractivity contribution in [2.24, 2.45) is 0 Å². The summed E-state index contributed by atoms with van der Waals surface area (Å²) in [5, 5.41) is 0.606. The Kier molecular flexibility index (Phi) is 5.54. The van der Waals surface area contributed by atoms with Gasteiger partial charge in [-0.2, -0.15) is 0 Å². The van der Waals surface area contributed by atoms with Crippen LogP contribution in [-0.4, -0.2) is 41.9 Å². The molecule has 3 nitrogen and oxygen atoms in total. The summed E-state index contributed by atoms with van der Waals surface area (Å²) >= 11 is 5.98. The molecule has 24 heavy (non-hydrogen) atoms. The van der Waals surface area contributed by atoms with E-state index < -0.39 is 0 Å². The van der Waals surface area contributed by atoms with E-state index >= 15 is 0 Å². The molecule has 1 heterocycles. The average molecular weight is 343 g/mol. The van der Waals surface area contributed by atoms with Crippen molar-refractivity contribution in [2.75, 3.05) is 26.2 Å². The molecule has 0 N–H and O–H groups in total. The van der Waals surface area contributed by atoms with Crippen LogP contribution in [0.15, 0.2) is 48.5 Å². The Hall–Kier alpha value is -1.84. The van der Waals surface area contributed by atoms with Gasteiger partial charge in [0.05, 0.1) is 0 Å². The fourth-order valence-corrected chi connectivity index (χ4v) is 3.24. The van der Waals surface area contributed by atoms with Crippen LogP contribution in [0.4, 0.5) is 0 Å². The highest BCUT2D eigenvalue weighted by Crippen LogP contribution is 2.15. The molecule has 126 valence electrons. The summed E-state index contributed by atoms with van der Waals surface area (Å²) in [4.78, 5) is 16.9. The molecule has 3 rings (SSSR count). The summed E-state index contributed by atoms with van der Waals surface area (Å²) in [5.41, 5.74) is 3.38. The first kappa shape index (κ1) is 17.0. The average Bonchev–Trinajstić information content (AvgIpc) is 2.62. The van der Waals surface area contributed by atoms with E-state index in [1.807, 2.05) is 17.0 Å². The summed E-state index contributed by atoms with van der Waals surface area (Å²) in [7, 11) is 0. The van der Waals surface area contributed by atoms with Crippen LogP contribution in [0.2, 0.25) is 5.02 Å². The third kappa shape index (κ3) is 4.16. The van der Waals surface area contributed by atoms with E-state index in [1.165, 1.54) is 11.1 Å². The van der Waals surface area contributed by atoms with Crippen LogP contribution in [0.25, 0.3) is 0 Å². The van der Waals surface area contributed by atoms with Gasteiger partial charge in [-0.1, -0.05) is 48.9 Å². The van der Waals surface area contributed by atoms with E-state index in [0.29, 0.717) is 10.6 Å². The molecule has 1 saturated heterocycles. The highest BCUT2D eigenvalue weighted by atomic mass is 35.5. The molecule has 1 fully saturated rings. The number of benzene rings is 2. The standard InChI is InChI=1S/C20H23ClN2O/c1-2-16-6-8-17(9-7-16)15-22-10-12-23(13-11-22)20(24)18-4-3-5-19(21)14-18/h3-9,14H,2,10-13,15H2,1H3. The van der Waals surface area contributed by atoms with Crippen LogP contribution in [-0.2, 0) is 13.0 Å². The van der Waals surface area contributed by atoms with Gasteiger partial charge in [0, 0.05) is 43.3 Å². The number of carbonyl (C=O) groups excluding carboxylic acids is 1. The predicted octanol–water partition coefficient (Wildman–Crippen LogP) is 3.86. The Bertz CT molecular complexity index is 691. The fraction of sp³-hybridized carbons (Fsp3) is 0.350. The topological polar surface area (TPSA) is 23.6 Å². The summed E-state index contributed by atoms with van der Waals surface area (Å²) in [6.45, 7) is 6.45. The monoisotopic (exact) mass is 342 g/mol. The Balaban J connectivity index is 1.54. The second-order valence-corrected chi connectivity index (χ2v) is 6.69. The van der Waals surface area contributed by atoms with E-state index in [0.717, 1.165) is 39.1 Å². The van der Waals surface area contributed by atoms with Gasteiger partial charge in [-0.15, -0.1) is 0 Å². The number of aryl methyl sites for hydroxylation is 1. The first-order valence-corrected chi connectivity index (χ1v) is 8.88. The molecule has 2 aromatic carbocycles. The lowest BCUT2D eigenvalue weighted by molar-refractivity contribution is 0.0628. The number of carbonyl (C=O) groups is 1. The minimum Gasteiger partial charge on any atom is -0.336 e. The van der Waals surface area contributed by atoms with Gasteiger partial charge in [0.2, 0.25) is 0 Å². The Labute approximate surface area is 148 Å². The van der Waals surface area contributed by atoms with Gasteiger partial charge in [-0.3, -0.25) is 9.69 Å². The molecule has 0 aromatic heterocycles. The second-order valence-electron chi connectivity index (χ2n) is 6.25. The lowest BCUT2D eigenvalue weighted by Crippen LogP contribution is -2.48. The number of nitrogens with zero attached hydrogens (tertiary/aromatic N) is 2.